The van der Waals surface area contributed by atoms with Gasteiger partial charge in [-0.15, -0.1) is 0 Å². The number of carbonyl (C=O) groups is 1. The minimum absolute atomic E-state index is 0.0731. The molecule has 7 heteroatoms. The zero-order valence-electron chi connectivity index (χ0n) is 15.7. The predicted molar refractivity (Wildman–Crippen MR) is 101 cm³/mol. The van der Waals surface area contributed by atoms with Crippen molar-refractivity contribution in [2.75, 3.05) is 38.3 Å². The number of ether oxygens (including phenoxy) is 2. The van der Waals surface area contributed by atoms with Gasteiger partial charge in [-0.1, -0.05) is 18.2 Å². The molecule has 27 heavy (non-hydrogen) atoms. The Kier molecular flexibility index (Phi) is 4.80. The Morgan fingerprint density at radius 3 is 2.44 bits per heavy atom. The van der Waals surface area contributed by atoms with Gasteiger partial charge in [0.1, 0.15) is 5.69 Å². The lowest BCUT2D eigenvalue weighted by Crippen LogP contribution is -2.47. The Hall–Kier alpha value is -2.51. The third-order valence-electron chi connectivity index (χ3n) is 5.13. The van der Waals surface area contributed by atoms with Crippen molar-refractivity contribution in [2.45, 2.75) is 25.6 Å². The fourth-order valence-electron chi connectivity index (χ4n) is 3.58. The maximum Gasteiger partial charge on any atom is 0.272 e. The largest absolute Gasteiger partial charge is 0.347 e. The SMILES string of the molecule is Cc1cc(C(=O)N2CCC3(CC2)OCCO3)nc(N(C)c2ccccc2)n1. The van der Waals surface area contributed by atoms with Crippen molar-refractivity contribution in [3.05, 3.63) is 47.8 Å². The maximum atomic E-state index is 13.0. The summed E-state index contributed by atoms with van der Waals surface area (Å²) in [5.41, 5.74) is 2.16. The Balaban J connectivity index is 1.52. The van der Waals surface area contributed by atoms with Gasteiger partial charge >= 0.3 is 0 Å². The van der Waals surface area contributed by atoms with Gasteiger partial charge in [-0.2, -0.15) is 0 Å². The van der Waals surface area contributed by atoms with Crippen molar-refractivity contribution in [1.82, 2.24) is 14.9 Å². The molecule has 1 aromatic heterocycles. The molecule has 2 aliphatic heterocycles. The van der Waals surface area contributed by atoms with E-state index in [0.717, 1.165) is 11.4 Å². The molecule has 0 N–H and O–H groups in total. The molecule has 3 heterocycles. The van der Waals surface area contributed by atoms with Gasteiger partial charge < -0.3 is 19.3 Å². The summed E-state index contributed by atoms with van der Waals surface area (Å²) >= 11 is 0. The molecule has 0 bridgehead atoms. The zero-order chi connectivity index (χ0) is 18.9. The molecule has 142 valence electrons. The van der Waals surface area contributed by atoms with Crippen molar-refractivity contribution in [3.63, 3.8) is 0 Å². The molecular weight excluding hydrogens is 344 g/mol. The summed E-state index contributed by atoms with van der Waals surface area (Å²) < 4.78 is 11.5. The second-order valence-corrected chi connectivity index (χ2v) is 6.99. The zero-order valence-corrected chi connectivity index (χ0v) is 15.7. The van der Waals surface area contributed by atoms with Crippen LogP contribution in [0.5, 0.6) is 0 Å². The fourth-order valence-corrected chi connectivity index (χ4v) is 3.58. The van der Waals surface area contributed by atoms with E-state index in [1.165, 1.54) is 0 Å². The molecule has 0 saturated carbocycles. The number of benzene rings is 1. The Morgan fingerprint density at radius 1 is 1.11 bits per heavy atom. The average Bonchev–Trinajstić information content (AvgIpc) is 3.15. The molecular formula is C20H24N4O3. The number of amides is 1. The first kappa shape index (κ1) is 17.9. The molecule has 2 saturated heterocycles. The van der Waals surface area contributed by atoms with Crippen LogP contribution in [-0.4, -0.2) is 59.9 Å². The van der Waals surface area contributed by atoms with Gasteiger partial charge in [-0.3, -0.25) is 4.79 Å². The van der Waals surface area contributed by atoms with Gasteiger partial charge in [0.25, 0.3) is 5.91 Å². The summed E-state index contributed by atoms with van der Waals surface area (Å²) in [6.07, 6.45) is 1.39. The standard InChI is InChI=1S/C20H24N4O3/c1-15-14-17(22-19(21-15)23(2)16-6-4-3-5-7-16)18(25)24-10-8-20(9-11-24)26-12-13-27-20/h3-7,14H,8-13H2,1-2H3. The number of rotatable bonds is 3. The molecule has 1 spiro atoms. The number of carbonyl (C=O) groups excluding carboxylic acids is 1. The van der Waals surface area contributed by atoms with Gasteiger partial charge in [0.2, 0.25) is 5.95 Å². The third-order valence-corrected chi connectivity index (χ3v) is 5.13. The summed E-state index contributed by atoms with van der Waals surface area (Å²) in [5.74, 6) is -0.0478. The van der Waals surface area contributed by atoms with Gasteiger partial charge in [-0.05, 0) is 25.1 Å². The van der Waals surface area contributed by atoms with Gasteiger partial charge in [0.05, 0.1) is 13.2 Å². The summed E-state index contributed by atoms with van der Waals surface area (Å²) in [6.45, 7) is 4.35. The van der Waals surface area contributed by atoms with E-state index in [4.69, 9.17) is 9.47 Å². The van der Waals surface area contributed by atoms with E-state index < -0.39 is 5.79 Å². The number of hydrogen-bond donors (Lipinski definition) is 0. The fraction of sp³-hybridized carbons (Fsp3) is 0.450. The van der Waals surface area contributed by atoms with Crippen LogP contribution >= 0.6 is 0 Å². The van der Waals surface area contributed by atoms with Crippen LogP contribution in [0.4, 0.5) is 11.6 Å². The number of piperidine rings is 1. The van der Waals surface area contributed by atoms with E-state index in [0.29, 0.717) is 50.8 Å². The highest BCUT2D eigenvalue weighted by Crippen LogP contribution is 2.31. The molecule has 1 aromatic carbocycles. The van der Waals surface area contributed by atoms with Crippen molar-refractivity contribution >= 4 is 17.5 Å². The first-order valence-corrected chi connectivity index (χ1v) is 9.28. The average molecular weight is 368 g/mol. The van der Waals surface area contributed by atoms with Crippen molar-refractivity contribution in [3.8, 4) is 0 Å². The Morgan fingerprint density at radius 2 is 1.78 bits per heavy atom. The quantitative estimate of drug-likeness (QED) is 0.829. The number of likely N-dealkylation sites (tertiary alicyclic amines) is 1. The lowest BCUT2D eigenvalue weighted by molar-refractivity contribution is -0.181. The monoisotopic (exact) mass is 368 g/mol. The van der Waals surface area contributed by atoms with Crippen molar-refractivity contribution in [2.24, 2.45) is 0 Å². The minimum atomic E-state index is -0.489. The topological polar surface area (TPSA) is 67.8 Å². The molecule has 2 aliphatic rings. The molecule has 2 aromatic rings. The maximum absolute atomic E-state index is 13.0. The molecule has 2 fully saturated rings. The van der Waals surface area contributed by atoms with E-state index in [1.54, 1.807) is 6.07 Å². The highest BCUT2D eigenvalue weighted by molar-refractivity contribution is 5.92. The number of anilines is 2. The molecule has 0 atom stereocenters. The molecule has 1 amide bonds. The number of para-hydroxylation sites is 1. The van der Waals surface area contributed by atoms with Crippen molar-refractivity contribution in [1.29, 1.82) is 0 Å². The van der Waals surface area contributed by atoms with Crippen LogP contribution in [0.2, 0.25) is 0 Å². The number of aromatic nitrogens is 2. The van der Waals surface area contributed by atoms with E-state index in [2.05, 4.69) is 9.97 Å². The van der Waals surface area contributed by atoms with Crippen molar-refractivity contribution < 1.29 is 14.3 Å². The van der Waals surface area contributed by atoms with Gasteiger partial charge in [0, 0.05) is 44.4 Å². The van der Waals surface area contributed by atoms with Crippen LogP contribution in [0.25, 0.3) is 0 Å². The van der Waals surface area contributed by atoms with E-state index in [1.807, 2.05) is 54.1 Å². The summed E-state index contributed by atoms with van der Waals surface area (Å²) in [5, 5.41) is 0. The Bertz CT molecular complexity index is 811. The summed E-state index contributed by atoms with van der Waals surface area (Å²) in [7, 11) is 1.90. The highest BCUT2D eigenvalue weighted by Gasteiger charge is 2.41. The Labute approximate surface area is 158 Å². The number of aryl methyl sites for hydroxylation is 1. The number of nitrogens with zero attached hydrogens (tertiary/aromatic N) is 4. The lowest BCUT2D eigenvalue weighted by atomic mass is 10.0. The van der Waals surface area contributed by atoms with Gasteiger partial charge in [-0.25, -0.2) is 9.97 Å². The van der Waals surface area contributed by atoms with Crippen LogP contribution in [0, 0.1) is 6.92 Å². The van der Waals surface area contributed by atoms with E-state index >= 15 is 0 Å². The summed E-state index contributed by atoms with van der Waals surface area (Å²) in [4.78, 5) is 25.7. The first-order valence-electron chi connectivity index (χ1n) is 9.28. The van der Waals surface area contributed by atoms with E-state index in [9.17, 15) is 4.79 Å². The third kappa shape index (κ3) is 3.65. The van der Waals surface area contributed by atoms with E-state index in [-0.39, 0.29) is 5.91 Å². The molecule has 0 unspecified atom stereocenters. The smallest absolute Gasteiger partial charge is 0.272 e. The van der Waals surface area contributed by atoms with Gasteiger partial charge in [0.15, 0.2) is 5.79 Å². The van der Waals surface area contributed by atoms with Crippen LogP contribution in [-0.2, 0) is 9.47 Å². The van der Waals surface area contributed by atoms with Crippen LogP contribution < -0.4 is 4.90 Å². The normalized spacial score (nSPS) is 18.7. The first-order chi connectivity index (χ1) is 13.1. The van der Waals surface area contributed by atoms with Crippen LogP contribution in [0.3, 0.4) is 0 Å². The predicted octanol–water partition coefficient (Wildman–Crippen LogP) is 2.53. The molecule has 7 nitrogen and oxygen atoms in total. The molecule has 4 rings (SSSR count). The summed E-state index contributed by atoms with van der Waals surface area (Å²) in [6, 6.07) is 11.6. The van der Waals surface area contributed by atoms with Crippen LogP contribution in [0.15, 0.2) is 36.4 Å². The highest BCUT2D eigenvalue weighted by atomic mass is 16.7. The molecule has 0 aliphatic carbocycles. The number of hydrogen-bond acceptors (Lipinski definition) is 6. The second kappa shape index (κ2) is 7.25. The second-order valence-electron chi connectivity index (χ2n) is 6.99. The molecule has 0 radical (unpaired) electrons. The lowest BCUT2D eigenvalue weighted by Gasteiger charge is -2.37. The van der Waals surface area contributed by atoms with Crippen LogP contribution in [0.1, 0.15) is 29.0 Å². The minimum Gasteiger partial charge on any atom is -0.347 e.